The lowest BCUT2D eigenvalue weighted by Crippen LogP contribution is -2.50. The zero-order valence-corrected chi connectivity index (χ0v) is 16.2. The van der Waals surface area contributed by atoms with Crippen LogP contribution in [0.25, 0.3) is 0 Å². The molecule has 1 amide bonds. The second kappa shape index (κ2) is 10.4. The third kappa shape index (κ3) is 6.02. The van der Waals surface area contributed by atoms with Gasteiger partial charge in [-0.05, 0) is 17.7 Å². The summed E-state index contributed by atoms with van der Waals surface area (Å²) in [6.07, 6.45) is 1.86. The Kier molecular flexibility index (Phi) is 7.88. The minimum atomic E-state index is -0.490. The van der Waals surface area contributed by atoms with Crippen LogP contribution in [0.4, 0.5) is 0 Å². The van der Waals surface area contributed by atoms with Crippen molar-refractivity contribution < 1.29 is 23.9 Å². The van der Waals surface area contributed by atoms with Crippen LogP contribution in [-0.4, -0.2) is 54.4 Å². The van der Waals surface area contributed by atoms with Crippen LogP contribution >= 0.6 is 11.8 Å². The van der Waals surface area contributed by atoms with Crippen molar-refractivity contribution in [3.05, 3.63) is 48.0 Å². The van der Waals surface area contributed by atoms with E-state index in [-0.39, 0.29) is 30.4 Å². The number of benzene rings is 1. The van der Waals surface area contributed by atoms with Gasteiger partial charge in [0.2, 0.25) is 11.9 Å². The number of hydrazone groups is 1. The molecule has 10 heteroatoms. The Morgan fingerprint density at radius 2 is 2.14 bits per heavy atom. The highest BCUT2D eigenvalue weighted by Crippen LogP contribution is 2.32. The van der Waals surface area contributed by atoms with Crippen molar-refractivity contribution in [2.24, 2.45) is 10.8 Å². The van der Waals surface area contributed by atoms with Crippen LogP contribution < -0.4 is 11.1 Å². The lowest BCUT2D eigenvalue weighted by Gasteiger charge is -2.35. The molecule has 1 aromatic carbocycles. The van der Waals surface area contributed by atoms with E-state index in [4.69, 9.17) is 10.5 Å². The topological polar surface area (TPSA) is 123 Å². The summed E-state index contributed by atoms with van der Waals surface area (Å²) in [6, 6.07) is 7.05. The molecular weight excluding hydrogens is 384 g/mol. The van der Waals surface area contributed by atoms with Crippen LogP contribution in [-0.2, 0) is 24.8 Å². The van der Waals surface area contributed by atoms with Crippen molar-refractivity contribution in [3.8, 4) is 0 Å². The second-order valence-electron chi connectivity index (χ2n) is 5.71. The summed E-state index contributed by atoms with van der Waals surface area (Å²) in [5.41, 5.74) is 7.13. The zero-order valence-electron chi connectivity index (χ0n) is 15.4. The van der Waals surface area contributed by atoms with E-state index in [9.17, 15) is 14.4 Å². The largest absolute Gasteiger partial charge is 0.468 e. The Hall–Kier alpha value is -3.01. The van der Waals surface area contributed by atoms with E-state index >= 15 is 0 Å². The van der Waals surface area contributed by atoms with Crippen molar-refractivity contribution in [2.45, 2.75) is 17.5 Å². The number of guanidine groups is 1. The number of carbonyl (C=O) groups is 3. The number of thioether (sulfide) groups is 1. The van der Waals surface area contributed by atoms with Crippen LogP contribution in [0.5, 0.6) is 0 Å². The van der Waals surface area contributed by atoms with E-state index in [2.05, 4.69) is 21.7 Å². The normalized spacial score (nSPS) is 16.2. The molecule has 1 unspecified atom stereocenters. The molecule has 0 bridgehead atoms. The smallest absolute Gasteiger partial charge is 0.338 e. The van der Waals surface area contributed by atoms with Gasteiger partial charge in [-0.2, -0.15) is 0 Å². The fourth-order valence-electron chi connectivity index (χ4n) is 2.16. The van der Waals surface area contributed by atoms with Gasteiger partial charge in [-0.15, -0.1) is 16.9 Å². The summed E-state index contributed by atoms with van der Waals surface area (Å²) in [7, 11) is 1.26. The van der Waals surface area contributed by atoms with Gasteiger partial charge in [-0.3, -0.25) is 9.59 Å². The van der Waals surface area contributed by atoms with E-state index in [1.807, 2.05) is 12.1 Å². The highest BCUT2D eigenvalue weighted by atomic mass is 32.2. The Morgan fingerprint density at radius 1 is 1.43 bits per heavy atom. The van der Waals surface area contributed by atoms with Crippen molar-refractivity contribution in [1.82, 2.24) is 10.3 Å². The van der Waals surface area contributed by atoms with E-state index in [1.54, 1.807) is 12.1 Å². The number of nitrogens with zero attached hydrogens (tertiary/aromatic N) is 2. The summed E-state index contributed by atoms with van der Waals surface area (Å²) in [6.45, 7) is 3.53. The van der Waals surface area contributed by atoms with Crippen molar-refractivity contribution >= 4 is 35.6 Å². The lowest BCUT2D eigenvalue weighted by molar-refractivity contribution is -0.141. The first-order chi connectivity index (χ1) is 13.4. The molecule has 1 aliphatic heterocycles. The van der Waals surface area contributed by atoms with Crippen LogP contribution in [0.15, 0.2) is 42.0 Å². The third-order valence-electron chi connectivity index (χ3n) is 3.70. The number of hydrogen-bond acceptors (Lipinski definition) is 7. The Bertz CT molecular complexity index is 766. The van der Waals surface area contributed by atoms with Crippen LogP contribution in [0.2, 0.25) is 0 Å². The molecule has 3 N–H and O–H groups in total. The van der Waals surface area contributed by atoms with E-state index in [0.717, 1.165) is 5.56 Å². The number of nitrogens with two attached hydrogens (primary N) is 1. The Balaban J connectivity index is 1.84. The first-order valence-electron chi connectivity index (χ1n) is 8.40. The minimum absolute atomic E-state index is 0.0357. The first-order valence-corrected chi connectivity index (χ1v) is 9.45. The summed E-state index contributed by atoms with van der Waals surface area (Å²) in [5, 5.41) is 7.71. The summed E-state index contributed by atoms with van der Waals surface area (Å²) in [4.78, 5) is 34.6. The molecule has 1 atom stereocenters. The van der Waals surface area contributed by atoms with E-state index in [0.29, 0.717) is 17.7 Å². The lowest BCUT2D eigenvalue weighted by atomic mass is 10.1. The highest BCUT2D eigenvalue weighted by molar-refractivity contribution is 7.99. The summed E-state index contributed by atoms with van der Waals surface area (Å²) >= 11 is 1.52. The number of β-lactam (4-membered cyclic amide) rings is 1. The summed E-state index contributed by atoms with van der Waals surface area (Å²) in [5.74, 6) is -0.455. The number of nitrogens with one attached hydrogen (secondary N) is 1. The maximum atomic E-state index is 11.8. The van der Waals surface area contributed by atoms with Gasteiger partial charge >= 0.3 is 11.9 Å². The molecular formula is C18H22N4O5S. The number of rotatable bonds is 9. The minimum Gasteiger partial charge on any atom is -0.468 e. The molecule has 0 spiro atoms. The van der Waals surface area contributed by atoms with Gasteiger partial charge in [-0.25, -0.2) is 9.80 Å². The predicted octanol–water partition coefficient (Wildman–Crippen LogP) is 0.813. The van der Waals surface area contributed by atoms with Crippen LogP contribution in [0, 0.1) is 0 Å². The zero-order chi connectivity index (χ0) is 20.5. The monoisotopic (exact) mass is 406 g/mol. The summed E-state index contributed by atoms with van der Waals surface area (Å²) < 4.78 is 9.47. The van der Waals surface area contributed by atoms with Gasteiger partial charge in [0.25, 0.3) is 0 Å². The molecule has 1 aromatic rings. The number of ether oxygens (including phenoxy) is 2. The van der Waals surface area contributed by atoms with Crippen molar-refractivity contribution in [3.63, 3.8) is 0 Å². The van der Waals surface area contributed by atoms with Gasteiger partial charge in [0.05, 0.1) is 19.1 Å². The van der Waals surface area contributed by atoms with Crippen molar-refractivity contribution in [1.29, 1.82) is 0 Å². The Morgan fingerprint density at radius 3 is 2.75 bits per heavy atom. The molecule has 2 rings (SSSR count). The average molecular weight is 406 g/mol. The molecule has 1 saturated heterocycles. The third-order valence-corrected chi connectivity index (χ3v) is 4.95. The average Bonchev–Trinajstić information content (AvgIpc) is 2.71. The molecule has 9 nitrogen and oxygen atoms in total. The number of esters is 2. The molecule has 28 heavy (non-hydrogen) atoms. The molecule has 0 aromatic heterocycles. The second-order valence-corrected chi connectivity index (χ2v) is 6.87. The van der Waals surface area contributed by atoms with Crippen LogP contribution in [0.1, 0.15) is 22.3 Å². The van der Waals surface area contributed by atoms with Gasteiger partial charge in [-0.1, -0.05) is 24.8 Å². The molecule has 1 heterocycles. The molecule has 1 fully saturated rings. The fraction of sp³-hybridized carbons (Fsp3) is 0.333. The first kappa shape index (κ1) is 21.3. The molecule has 0 radical (unpaired) electrons. The number of methoxy groups -OCH3 is 1. The van der Waals surface area contributed by atoms with Crippen molar-refractivity contribution in [2.75, 3.05) is 20.3 Å². The molecule has 0 saturated carbocycles. The highest BCUT2D eigenvalue weighted by Gasteiger charge is 2.37. The molecule has 0 aliphatic carbocycles. The van der Waals surface area contributed by atoms with Gasteiger partial charge in [0.15, 0.2) is 0 Å². The SMILES string of the molecule is C=CCOC(=O)c1ccc(CSC2CC(=O)N2N=C(N)NCC(=O)OC)cc1. The maximum Gasteiger partial charge on any atom is 0.338 e. The molecule has 1 aliphatic rings. The van der Waals surface area contributed by atoms with E-state index in [1.165, 1.54) is 30.0 Å². The molecule has 150 valence electrons. The van der Waals surface area contributed by atoms with E-state index < -0.39 is 11.9 Å². The van der Waals surface area contributed by atoms with Crippen LogP contribution in [0.3, 0.4) is 0 Å². The number of carbonyl (C=O) groups excluding carboxylic acids is 3. The fourth-order valence-corrected chi connectivity index (χ4v) is 3.30. The van der Waals surface area contributed by atoms with Gasteiger partial charge < -0.3 is 20.5 Å². The standard InChI is InChI=1S/C18H22N4O5S/c1-3-8-27-17(25)13-6-4-12(5-7-13)11-28-15-9-14(23)22(15)21-18(19)20-10-16(24)26-2/h3-7,15H,1,8-11H2,2H3,(H3,19,20,21). The number of hydrogen-bond donors (Lipinski definition) is 2. The quantitative estimate of drug-likeness (QED) is 0.203. The van der Waals surface area contributed by atoms with Gasteiger partial charge in [0.1, 0.15) is 18.5 Å². The Labute approximate surface area is 166 Å². The maximum absolute atomic E-state index is 11.8. The predicted molar refractivity (Wildman–Crippen MR) is 105 cm³/mol. The number of amides is 1. The van der Waals surface area contributed by atoms with Gasteiger partial charge in [0, 0.05) is 5.75 Å².